The SMILES string of the molecule is O=C(N/N=C\c1ccc(OC(F)F)cc1OC(F)F)c1cccc(S(=O)(=O)Nc2cccc(Cl)c2)c1. The van der Waals surface area contributed by atoms with Gasteiger partial charge < -0.3 is 9.47 Å². The van der Waals surface area contributed by atoms with Crippen LogP contribution in [0.2, 0.25) is 5.02 Å². The summed E-state index contributed by atoms with van der Waals surface area (Å²) in [6.07, 6.45) is 0.934. The third kappa shape index (κ3) is 7.58. The number of amides is 1. The maximum absolute atomic E-state index is 12.7. The van der Waals surface area contributed by atoms with Gasteiger partial charge in [-0.3, -0.25) is 9.52 Å². The average molecular weight is 546 g/mol. The highest BCUT2D eigenvalue weighted by Crippen LogP contribution is 2.26. The van der Waals surface area contributed by atoms with Crippen LogP contribution in [0.5, 0.6) is 11.5 Å². The van der Waals surface area contributed by atoms with Crippen molar-refractivity contribution in [3.63, 3.8) is 0 Å². The van der Waals surface area contributed by atoms with Gasteiger partial charge in [-0.1, -0.05) is 23.7 Å². The van der Waals surface area contributed by atoms with Crippen LogP contribution in [-0.4, -0.2) is 33.8 Å². The van der Waals surface area contributed by atoms with E-state index >= 15 is 0 Å². The number of halogens is 5. The van der Waals surface area contributed by atoms with Gasteiger partial charge in [-0.05, 0) is 48.5 Å². The smallest absolute Gasteiger partial charge is 0.387 e. The lowest BCUT2D eigenvalue weighted by Gasteiger charge is -2.11. The van der Waals surface area contributed by atoms with Gasteiger partial charge in [0.2, 0.25) is 0 Å². The zero-order chi connectivity index (χ0) is 26.3. The Kier molecular flexibility index (Phi) is 8.72. The molecule has 3 aromatic carbocycles. The number of carbonyl (C=O) groups excluding carboxylic acids is 1. The summed E-state index contributed by atoms with van der Waals surface area (Å²) < 4.78 is 86.1. The van der Waals surface area contributed by atoms with Crippen LogP contribution in [0.15, 0.2) is 76.7 Å². The highest BCUT2D eigenvalue weighted by molar-refractivity contribution is 7.92. The number of rotatable bonds is 10. The Bertz CT molecular complexity index is 1370. The van der Waals surface area contributed by atoms with Crippen molar-refractivity contribution in [1.29, 1.82) is 0 Å². The predicted molar refractivity (Wildman–Crippen MR) is 123 cm³/mol. The normalized spacial score (nSPS) is 11.6. The van der Waals surface area contributed by atoms with E-state index in [0.717, 1.165) is 30.5 Å². The number of carbonyl (C=O) groups is 1. The molecule has 0 radical (unpaired) electrons. The summed E-state index contributed by atoms with van der Waals surface area (Å²) in [6, 6.07) is 14.0. The van der Waals surface area contributed by atoms with Gasteiger partial charge in [-0.15, -0.1) is 0 Å². The van der Waals surface area contributed by atoms with Crippen LogP contribution >= 0.6 is 11.6 Å². The number of hydrogen-bond acceptors (Lipinski definition) is 6. The number of nitrogens with one attached hydrogen (secondary N) is 2. The predicted octanol–water partition coefficient (Wildman–Crippen LogP) is 5.11. The van der Waals surface area contributed by atoms with Gasteiger partial charge in [0.05, 0.1) is 16.8 Å². The van der Waals surface area contributed by atoms with E-state index in [0.29, 0.717) is 5.02 Å². The summed E-state index contributed by atoms with van der Waals surface area (Å²) >= 11 is 5.86. The highest BCUT2D eigenvalue weighted by Gasteiger charge is 2.17. The Morgan fingerprint density at radius 1 is 0.944 bits per heavy atom. The molecular formula is C22H16ClF4N3O5S. The summed E-state index contributed by atoms with van der Waals surface area (Å²) in [5.41, 5.74) is 2.17. The Balaban J connectivity index is 1.74. The fourth-order valence-corrected chi connectivity index (χ4v) is 4.08. The molecule has 0 bridgehead atoms. The van der Waals surface area contributed by atoms with E-state index in [1.165, 1.54) is 30.3 Å². The highest BCUT2D eigenvalue weighted by atomic mass is 35.5. The lowest BCUT2D eigenvalue weighted by atomic mass is 10.2. The van der Waals surface area contributed by atoms with Crippen LogP contribution in [-0.2, 0) is 10.0 Å². The second-order valence-electron chi connectivity index (χ2n) is 6.80. The van der Waals surface area contributed by atoms with Gasteiger partial charge in [0.25, 0.3) is 15.9 Å². The first kappa shape index (κ1) is 26.8. The fourth-order valence-electron chi connectivity index (χ4n) is 2.79. The summed E-state index contributed by atoms with van der Waals surface area (Å²) in [5, 5.41) is 3.95. The molecule has 0 atom stereocenters. The summed E-state index contributed by atoms with van der Waals surface area (Å²) in [4.78, 5) is 12.2. The van der Waals surface area contributed by atoms with Crippen molar-refractivity contribution < 1.29 is 40.2 Å². The number of sulfonamides is 1. The molecule has 0 aliphatic carbocycles. The van der Waals surface area contributed by atoms with E-state index in [-0.39, 0.29) is 21.7 Å². The number of nitrogens with zero attached hydrogens (tertiary/aromatic N) is 1. The van der Waals surface area contributed by atoms with E-state index in [2.05, 4.69) is 24.7 Å². The van der Waals surface area contributed by atoms with Gasteiger partial charge in [0.15, 0.2) is 0 Å². The molecule has 14 heteroatoms. The summed E-state index contributed by atoms with van der Waals surface area (Å²) in [5.74, 6) is -1.77. The topological polar surface area (TPSA) is 106 Å². The van der Waals surface area contributed by atoms with Crippen LogP contribution in [0.4, 0.5) is 23.2 Å². The zero-order valence-electron chi connectivity index (χ0n) is 17.9. The molecule has 8 nitrogen and oxygen atoms in total. The number of anilines is 1. The van der Waals surface area contributed by atoms with Crippen molar-refractivity contribution in [3.8, 4) is 11.5 Å². The first-order chi connectivity index (χ1) is 17.0. The molecule has 3 aromatic rings. The van der Waals surface area contributed by atoms with E-state index in [1.54, 1.807) is 12.1 Å². The molecule has 0 saturated carbocycles. The molecule has 2 N–H and O–H groups in total. The van der Waals surface area contributed by atoms with Gasteiger partial charge >= 0.3 is 13.2 Å². The quantitative estimate of drug-likeness (QED) is 0.209. The molecule has 1 amide bonds. The van der Waals surface area contributed by atoms with Crippen LogP contribution < -0.4 is 19.6 Å². The first-order valence-electron chi connectivity index (χ1n) is 9.79. The molecule has 3 rings (SSSR count). The Labute approximate surface area is 207 Å². The third-order valence-corrected chi connectivity index (χ3v) is 5.89. The molecule has 0 aliphatic rings. The lowest BCUT2D eigenvalue weighted by Crippen LogP contribution is -2.19. The number of benzene rings is 3. The molecule has 0 unspecified atom stereocenters. The third-order valence-electron chi connectivity index (χ3n) is 4.28. The monoisotopic (exact) mass is 545 g/mol. The number of hydrogen-bond donors (Lipinski definition) is 2. The number of alkyl halides is 4. The van der Waals surface area contributed by atoms with Crippen LogP contribution in [0.25, 0.3) is 0 Å². The van der Waals surface area contributed by atoms with Crippen molar-refractivity contribution in [2.24, 2.45) is 5.10 Å². The number of hydrazone groups is 1. The average Bonchev–Trinajstić information content (AvgIpc) is 2.79. The molecule has 0 fully saturated rings. The second-order valence-corrected chi connectivity index (χ2v) is 8.92. The molecule has 190 valence electrons. The summed E-state index contributed by atoms with van der Waals surface area (Å²) in [6.45, 7) is -6.44. The van der Waals surface area contributed by atoms with Gasteiger partial charge in [-0.25, -0.2) is 13.8 Å². The maximum atomic E-state index is 12.7. The van der Waals surface area contributed by atoms with Crippen molar-refractivity contribution in [2.75, 3.05) is 4.72 Å². The minimum atomic E-state index is -4.06. The van der Waals surface area contributed by atoms with Crippen molar-refractivity contribution >= 4 is 39.4 Å². The van der Waals surface area contributed by atoms with Gasteiger partial charge in [0, 0.05) is 22.2 Å². The Morgan fingerprint density at radius 2 is 1.67 bits per heavy atom. The Hall–Kier alpha value is -3.84. The molecule has 0 saturated heterocycles. The van der Waals surface area contributed by atoms with E-state index in [9.17, 15) is 30.8 Å². The van der Waals surface area contributed by atoms with E-state index in [1.807, 2.05) is 0 Å². The fraction of sp³-hybridized carbons (Fsp3) is 0.0909. The van der Waals surface area contributed by atoms with E-state index in [4.69, 9.17) is 11.6 Å². The molecule has 0 aromatic heterocycles. The summed E-state index contributed by atoms with van der Waals surface area (Å²) in [7, 11) is -4.06. The Morgan fingerprint density at radius 3 is 2.36 bits per heavy atom. The van der Waals surface area contributed by atoms with Crippen molar-refractivity contribution in [1.82, 2.24) is 5.43 Å². The van der Waals surface area contributed by atoms with Crippen molar-refractivity contribution in [2.45, 2.75) is 18.1 Å². The molecule has 0 heterocycles. The van der Waals surface area contributed by atoms with Crippen molar-refractivity contribution in [3.05, 3.63) is 82.9 Å². The van der Waals surface area contributed by atoms with Gasteiger partial charge in [-0.2, -0.15) is 22.7 Å². The molecule has 36 heavy (non-hydrogen) atoms. The van der Waals surface area contributed by atoms with Crippen LogP contribution in [0.3, 0.4) is 0 Å². The zero-order valence-corrected chi connectivity index (χ0v) is 19.4. The molecular weight excluding hydrogens is 530 g/mol. The molecule has 0 aliphatic heterocycles. The second kappa shape index (κ2) is 11.7. The molecule has 0 spiro atoms. The van der Waals surface area contributed by atoms with Gasteiger partial charge in [0.1, 0.15) is 11.5 Å². The lowest BCUT2D eigenvalue weighted by molar-refractivity contribution is -0.0543. The number of ether oxygens (including phenoxy) is 2. The standard InChI is InChI=1S/C22H16ClF4N3O5S/c23-15-4-2-5-16(10-15)30-36(32,33)18-6-1-3-13(9-18)20(31)29-28-12-14-7-8-17(34-21(24)25)11-19(14)35-22(26)27/h1-12,21-22,30H,(H,29,31)/b28-12-. The van der Waals surface area contributed by atoms with Crippen LogP contribution in [0.1, 0.15) is 15.9 Å². The van der Waals surface area contributed by atoms with Crippen LogP contribution in [0, 0.1) is 0 Å². The minimum Gasteiger partial charge on any atom is -0.435 e. The maximum Gasteiger partial charge on any atom is 0.387 e. The first-order valence-corrected chi connectivity index (χ1v) is 11.6. The van der Waals surface area contributed by atoms with E-state index < -0.39 is 40.7 Å². The minimum absolute atomic E-state index is 0.0779. The largest absolute Gasteiger partial charge is 0.435 e.